The number of hydrogen-bond donors (Lipinski definition) is 2. The van der Waals surface area contributed by atoms with Crippen molar-refractivity contribution in [1.29, 1.82) is 0 Å². The predicted octanol–water partition coefficient (Wildman–Crippen LogP) is 3.88. The van der Waals surface area contributed by atoms with Crippen molar-refractivity contribution in [3.05, 3.63) is 89.4 Å². The van der Waals surface area contributed by atoms with Gasteiger partial charge in [-0.05, 0) is 67.8 Å². The van der Waals surface area contributed by atoms with Crippen molar-refractivity contribution in [2.45, 2.75) is 25.8 Å². The Bertz CT molecular complexity index is 943. The molecule has 3 rings (SSSR count). The molecule has 1 aromatic heterocycles. The minimum atomic E-state index is -0.521. The summed E-state index contributed by atoms with van der Waals surface area (Å²) in [5, 5.41) is 3.47. The van der Waals surface area contributed by atoms with Gasteiger partial charge in [-0.2, -0.15) is 0 Å². The highest BCUT2D eigenvalue weighted by Gasteiger charge is 2.06. The summed E-state index contributed by atoms with van der Waals surface area (Å²) in [6.45, 7) is 2.92. The number of ether oxygens (including phenoxy) is 1. The Morgan fingerprint density at radius 2 is 1.93 bits per heavy atom. The van der Waals surface area contributed by atoms with Crippen molar-refractivity contribution in [2.24, 2.45) is 5.73 Å². The van der Waals surface area contributed by atoms with E-state index in [1.165, 1.54) is 17.8 Å². The lowest BCUT2D eigenvalue weighted by atomic mass is 10.1. The molecule has 3 aromatic rings. The summed E-state index contributed by atoms with van der Waals surface area (Å²) in [7, 11) is 0. The Morgan fingerprint density at radius 3 is 2.59 bits per heavy atom. The number of pyridine rings is 1. The molecule has 29 heavy (non-hydrogen) atoms. The van der Waals surface area contributed by atoms with Gasteiger partial charge in [0.05, 0.1) is 5.56 Å². The molecule has 0 saturated carbocycles. The second kappa shape index (κ2) is 9.80. The number of aromatic nitrogens is 1. The number of hydrogen-bond acceptors (Lipinski definition) is 4. The molecule has 1 unspecified atom stereocenters. The van der Waals surface area contributed by atoms with E-state index in [1.807, 2.05) is 30.3 Å². The molecule has 0 aliphatic heterocycles. The monoisotopic (exact) mass is 393 g/mol. The van der Waals surface area contributed by atoms with E-state index in [9.17, 15) is 9.18 Å². The van der Waals surface area contributed by atoms with Gasteiger partial charge in [0.2, 0.25) is 11.8 Å². The summed E-state index contributed by atoms with van der Waals surface area (Å²) in [6, 6.07) is 18.0. The molecule has 5 nitrogen and oxygen atoms in total. The minimum absolute atomic E-state index is 0.197. The maximum Gasteiger partial charge on any atom is 0.250 e. The number of halogens is 1. The summed E-state index contributed by atoms with van der Waals surface area (Å²) in [6.07, 6.45) is 3.05. The summed E-state index contributed by atoms with van der Waals surface area (Å²) in [5.74, 6) is 0.346. The number of nitrogens with one attached hydrogen (secondary N) is 1. The van der Waals surface area contributed by atoms with Gasteiger partial charge in [0.25, 0.3) is 0 Å². The zero-order valence-electron chi connectivity index (χ0n) is 16.3. The maximum atomic E-state index is 13.2. The van der Waals surface area contributed by atoms with E-state index in [0.717, 1.165) is 24.9 Å². The average Bonchev–Trinajstić information content (AvgIpc) is 2.70. The van der Waals surface area contributed by atoms with Gasteiger partial charge in [0, 0.05) is 18.3 Å². The fourth-order valence-corrected chi connectivity index (χ4v) is 2.98. The van der Waals surface area contributed by atoms with Gasteiger partial charge in [0.1, 0.15) is 11.6 Å². The molecule has 0 fully saturated rings. The molecule has 0 aliphatic rings. The SMILES string of the molecule is CC(Cc1ccc(Oc2ccc(C(N)=O)cn2)cc1)NCCc1cccc(F)c1. The number of nitrogens with two attached hydrogens (primary N) is 1. The third-order valence-electron chi connectivity index (χ3n) is 4.50. The number of rotatable bonds is 9. The lowest BCUT2D eigenvalue weighted by Crippen LogP contribution is -2.29. The van der Waals surface area contributed by atoms with Crippen LogP contribution in [0.5, 0.6) is 11.6 Å². The molecule has 1 heterocycles. The van der Waals surface area contributed by atoms with Crippen molar-refractivity contribution in [3.8, 4) is 11.6 Å². The van der Waals surface area contributed by atoms with E-state index in [0.29, 0.717) is 23.2 Å². The Morgan fingerprint density at radius 1 is 1.14 bits per heavy atom. The number of carbonyl (C=O) groups is 1. The second-order valence-corrected chi connectivity index (χ2v) is 6.93. The van der Waals surface area contributed by atoms with Gasteiger partial charge in [0.15, 0.2) is 0 Å². The average molecular weight is 393 g/mol. The Labute approximate surface area is 169 Å². The van der Waals surface area contributed by atoms with Gasteiger partial charge >= 0.3 is 0 Å². The second-order valence-electron chi connectivity index (χ2n) is 6.93. The van der Waals surface area contributed by atoms with E-state index in [1.54, 1.807) is 24.3 Å². The number of primary amides is 1. The first kappa shape index (κ1) is 20.5. The summed E-state index contributed by atoms with van der Waals surface area (Å²) in [4.78, 5) is 15.1. The zero-order chi connectivity index (χ0) is 20.6. The lowest BCUT2D eigenvalue weighted by molar-refractivity contribution is 0.1000. The highest BCUT2D eigenvalue weighted by molar-refractivity contribution is 5.92. The van der Waals surface area contributed by atoms with Crippen LogP contribution in [0.3, 0.4) is 0 Å². The normalized spacial score (nSPS) is 11.8. The Balaban J connectivity index is 1.46. The highest BCUT2D eigenvalue weighted by Crippen LogP contribution is 2.20. The molecule has 0 bridgehead atoms. The van der Waals surface area contributed by atoms with E-state index in [4.69, 9.17) is 10.5 Å². The molecule has 0 spiro atoms. The number of benzene rings is 2. The van der Waals surface area contributed by atoms with Crippen LogP contribution in [0.15, 0.2) is 66.9 Å². The fraction of sp³-hybridized carbons (Fsp3) is 0.217. The van der Waals surface area contributed by atoms with E-state index >= 15 is 0 Å². The van der Waals surface area contributed by atoms with Gasteiger partial charge in [-0.25, -0.2) is 9.37 Å². The first-order chi connectivity index (χ1) is 14.0. The Hall–Kier alpha value is -3.25. The van der Waals surface area contributed by atoms with Crippen molar-refractivity contribution in [1.82, 2.24) is 10.3 Å². The smallest absolute Gasteiger partial charge is 0.250 e. The predicted molar refractivity (Wildman–Crippen MR) is 111 cm³/mol. The summed E-state index contributed by atoms with van der Waals surface area (Å²) < 4.78 is 18.9. The number of nitrogens with zero attached hydrogens (tertiary/aromatic N) is 1. The quantitative estimate of drug-likeness (QED) is 0.578. The largest absolute Gasteiger partial charge is 0.439 e. The zero-order valence-corrected chi connectivity index (χ0v) is 16.3. The number of carbonyl (C=O) groups excluding carboxylic acids is 1. The third-order valence-corrected chi connectivity index (χ3v) is 4.50. The molecule has 150 valence electrons. The van der Waals surface area contributed by atoms with Gasteiger partial charge < -0.3 is 15.8 Å². The van der Waals surface area contributed by atoms with Crippen LogP contribution >= 0.6 is 0 Å². The molecule has 0 aliphatic carbocycles. The van der Waals surface area contributed by atoms with E-state index in [2.05, 4.69) is 17.2 Å². The van der Waals surface area contributed by atoms with E-state index < -0.39 is 5.91 Å². The fourth-order valence-electron chi connectivity index (χ4n) is 2.98. The maximum absolute atomic E-state index is 13.2. The van der Waals surface area contributed by atoms with Crippen LogP contribution in [0.2, 0.25) is 0 Å². The van der Waals surface area contributed by atoms with Gasteiger partial charge in [-0.1, -0.05) is 24.3 Å². The van der Waals surface area contributed by atoms with Crippen LogP contribution in [0.1, 0.15) is 28.4 Å². The molecule has 2 aromatic carbocycles. The van der Waals surface area contributed by atoms with Crippen LogP contribution in [0, 0.1) is 5.82 Å². The first-order valence-electron chi connectivity index (χ1n) is 9.50. The molecule has 1 amide bonds. The molecule has 0 radical (unpaired) electrons. The van der Waals surface area contributed by atoms with Crippen molar-refractivity contribution in [3.63, 3.8) is 0 Å². The molecule has 1 atom stereocenters. The molecule has 3 N–H and O–H groups in total. The first-order valence-corrected chi connectivity index (χ1v) is 9.50. The van der Waals surface area contributed by atoms with Gasteiger partial charge in [-0.15, -0.1) is 0 Å². The van der Waals surface area contributed by atoms with Crippen LogP contribution in [0.4, 0.5) is 4.39 Å². The molecular weight excluding hydrogens is 369 g/mol. The number of amides is 1. The summed E-state index contributed by atoms with van der Waals surface area (Å²) >= 11 is 0. The van der Waals surface area contributed by atoms with Crippen LogP contribution < -0.4 is 15.8 Å². The topological polar surface area (TPSA) is 77.2 Å². The van der Waals surface area contributed by atoms with Crippen LogP contribution in [-0.4, -0.2) is 23.5 Å². The van der Waals surface area contributed by atoms with Gasteiger partial charge in [-0.3, -0.25) is 4.79 Å². The van der Waals surface area contributed by atoms with E-state index in [-0.39, 0.29) is 5.82 Å². The standard InChI is InChI=1S/C23H24FN3O2/c1-16(26-12-11-17-3-2-4-20(24)14-17)13-18-5-8-21(9-6-18)29-22-10-7-19(15-27-22)23(25)28/h2-10,14-16,26H,11-13H2,1H3,(H2,25,28). The third kappa shape index (κ3) is 6.40. The molecular formula is C23H24FN3O2. The minimum Gasteiger partial charge on any atom is -0.439 e. The van der Waals surface area contributed by atoms with Crippen LogP contribution in [-0.2, 0) is 12.8 Å². The Kier molecular flexibility index (Phi) is 6.92. The van der Waals surface area contributed by atoms with Crippen molar-refractivity contribution in [2.75, 3.05) is 6.54 Å². The summed E-state index contributed by atoms with van der Waals surface area (Å²) in [5.41, 5.74) is 7.71. The van der Waals surface area contributed by atoms with Crippen LogP contribution in [0.25, 0.3) is 0 Å². The van der Waals surface area contributed by atoms with Crippen molar-refractivity contribution >= 4 is 5.91 Å². The highest BCUT2D eigenvalue weighted by atomic mass is 19.1. The molecule has 6 heteroatoms. The lowest BCUT2D eigenvalue weighted by Gasteiger charge is -2.14. The van der Waals surface area contributed by atoms with Crippen molar-refractivity contribution < 1.29 is 13.9 Å². The molecule has 0 saturated heterocycles.